The van der Waals surface area contributed by atoms with Crippen LogP contribution in [0.3, 0.4) is 0 Å². The lowest BCUT2D eigenvalue weighted by Crippen LogP contribution is -2.64. The zero-order chi connectivity index (χ0) is 33.4. The molecule has 6 nitrogen and oxygen atoms in total. The van der Waals surface area contributed by atoms with E-state index < -0.39 is 41.5 Å². The van der Waals surface area contributed by atoms with Crippen LogP contribution in [0, 0.1) is 11.6 Å². The molecular formula is C39H45F2N3O3. The predicted octanol–water partition coefficient (Wildman–Crippen LogP) is 7.06. The van der Waals surface area contributed by atoms with Gasteiger partial charge in [-0.15, -0.1) is 0 Å². The van der Waals surface area contributed by atoms with Crippen molar-refractivity contribution in [1.82, 2.24) is 14.7 Å². The lowest BCUT2D eigenvalue weighted by atomic mass is 9.91. The minimum atomic E-state index is -1.10. The average Bonchev–Trinajstić information content (AvgIpc) is 3.03. The Hall–Kier alpha value is -4.11. The van der Waals surface area contributed by atoms with Gasteiger partial charge in [-0.1, -0.05) is 91.0 Å². The molecule has 8 heteroatoms. The molecule has 0 aliphatic carbocycles. The van der Waals surface area contributed by atoms with E-state index in [1.807, 2.05) is 99.6 Å². The van der Waals surface area contributed by atoms with Crippen LogP contribution in [-0.4, -0.2) is 69.3 Å². The first-order valence-electron chi connectivity index (χ1n) is 16.2. The highest BCUT2D eigenvalue weighted by molar-refractivity contribution is 5.69. The molecule has 0 spiro atoms. The van der Waals surface area contributed by atoms with Crippen LogP contribution in [0.25, 0.3) is 0 Å². The summed E-state index contributed by atoms with van der Waals surface area (Å²) >= 11 is 0. The summed E-state index contributed by atoms with van der Waals surface area (Å²) in [7, 11) is 0. The highest BCUT2D eigenvalue weighted by Crippen LogP contribution is 2.27. The van der Waals surface area contributed by atoms with Gasteiger partial charge in [0.2, 0.25) is 0 Å². The van der Waals surface area contributed by atoms with Crippen molar-refractivity contribution in [1.29, 1.82) is 0 Å². The molecule has 1 unspecified atom stereocenters. The van der Waals surface area contributed by atoms with E-state index in [-0.39, 0.29) is 6.42 Å². The third kappa shape index (κ3) is 9.94. The van der Waals surface area contributed by atoms with Gasteiger partial charge in [0.1, 0.15) is 17.2 Å². The van der Waals surface area contributed by atoms with Gasteiger partial charge in [0.25, 0.3) is 0 Å². The second kappa shape index (κ2) is 15.7. The number of nitrogens with zero attached hydrogens (tertiary/aromatic N) is 3. The molecule has 1 fully saturated rings. The maximum Gasteiger partial charge on any atom is 0.410 e. The third-order valence-corrected chi connectivity index (χ3v) is 8.46. The van der Waals surface area contributed by atoms with Gasteiger partial charge in [-0.2, -0.15) is 0 Å². The molecule has 0 radical (unpaired) electrons. The van der Waals surface area contributed by atoms with Gasteiger partial charge < -0.3 is 9.84 Å². The van der Waals surface area contributed by atoms with Gasteiger partial charge in [0.15, 0.2) is 0 Å². The predicted molar refractivity (Wildman–Crippen MR) is 180 cm³/mol. The Bertz CT molecular complexity index is 1510. The second-order valence-electron chi connectivity index (χ2n) is 13.4. The Balaban J connectivity index is 1.54. The van der Waals surface area contributed by atoms with Gasteiger partial charge >= 0.3 is 6.09 Å². The van der Waals surface area contributed by atoms with Gasteiger partial charge in [-0.3, -0.25) is 14.7 Å². The fraction of sp³-hybridized carbons (Fsp3) is 0.359. The number of carbonyl (C=O) groups is 1. The zero-order valence-electron chi connectivity index (χ0n) is 27.4. The van der Waals surface area contributed by atoms with Gasteiger partial charge in [-0.05, 0) is 61.6 Å². The molecule has 1 saturated heterocycles. The van der Waals surface area contributed by atoms with Crippen molar-refractivity contribution in [2.24, 2.45) is 0 Å². The van der Waals surface area contributed by atoms with Crippen LogP contribution in [0.2, 0.25) is 0 Å². The van der Waals surface area contributed by atoms with E-state index in [0.717, 1.165) is 22.8 Å². The number of amides is 1. The number of halogens is 2. The van der Waals surface area contributed by atoms with Crippen LogP contribution in [-0.2, 0) is 30.8 Å². The van der Waals surface area contributed by atoms with Crippen molar-refractivity contribution in [2.75, 3.05) is 19.6 Å². The van der Waals surface area contributed by atoms with E-state index in [9.17, 15) is 18.7 Å². The molecule has 1 N–H and O–H groups in total. The van der Waals surface area contributed by atoms with Gasteiger partial charge in [0, 0.05) is 51.4 Å². The Morgan fingerprint density at radius 1 is 0.809 bits per heavy atom. The van der Waals surface area contributed by atoms with E-state index in [0.29, 0.717) is 44.8 Å². The number of carbonyl (C=O) groups excluding carboxylic acids is 1. The first-order chi connectivity index (χ1) is 22.5. The molecule has 0 saturated carbocycles. The Kier molecular flexibility index (Phi) is 11.4. The monoisotopic (exact) mass is 641 g/mol. The lowest BCUT2D eigenvalue weighted by molar-refractivity contribution is -0.0610. The molecule has 47 heavy (non-hydrogen) atoms. The number of hydrogen-bond donors (Lipinski definition) is 1. The standard InChI is InChI=1S/C39H45F2N3O3/c1-39(2,3)47-38(46)44-20-19-42(25-29-13-7-4-8-14-29)28-36(44)37(45)35(23-32-21-33(40)24-34(41)22-32)43(26-30-15-9-5-10-16-30)27-31-17-11-6-12-18-31/h4-18,21-22,24,35-37,45H,19-20,23,25-28H2,1-3H3/t35?,36-,37+/m1/s1. The molecule has 3 atom stereocenters. The summed E-state index contributed by atoms with van der Waals surface area (Å²) in [6, 6.07) is 32.2. The van der Waals surface area contributed by atoms with Gasteiger partial charge in [0.05, 0.1) is 12.1 Å². The Labute approximate surface area is 277 Å². The van der Waals surface area contributed by atoms with E-state index >= 15 is 0 Å². The molecule has 1 aliphatic heterocycles. The Morgan fingerprint density at radius 2 is 1.32 bits per heavy atom. The van der Waals surface area contributed by atoms with Crippen LogP contribution < -0.4 is 0 Å². The molecule has 1 aliphatic rings. The molecular weight excluding hydrogens is 596 g/mol. The molecule has 4 aromatic rings. The van der Waals surface area contributed by atoms with Crippen LogP contribution in [0.15, 0.2) is 109 Å². The maximum absolute atomic E-state index is 14.5. The minimum absolute atomic E-state index is 0.160. The minimum Gasteiger partial charge on any atom is -0.444 e. The summed E-state index contributed by atoms with van der Waals surface area (Å²) in [6.07, 6.45) is -1.43. The normalized spacial score (nSPS) is 17.0. The van der Waals surface area contributed by atoms with E-state index in [1.54, 1.807) is 4.90 Å². The van der Waals surface area contributed by atoms with Crippen LogP contribution in [0.4, 0.5) is 13.6 Å². The van der Waals surface area contributed by atoms with E-state index in [2.05, 4.69) is 21.9 Å². The Morgan fingerprint density at radius 3 is 1.83 bits per heavy atom. The smallest absolute Gasteiger partial charge is 0.410 e. The number of aliphatic hydroxyl groups excluding tert-OH is 1. The van der Waals surface area contributed by atoms with Gasteiger partial charge in [-0.25, -0.2) is 13.6 Å². The SMILES string of the molecule is CC(C)(C)OC(=O)N1CCN(Cc2ccccc2)C[C@@H]1[C@@H](O)C(Cc1cc(F)cc(F)c1)N(Cc1ccccc1)Cc1ccccc1. The number of aliphatic hydroxyl groups is 1. The molecule has 5 rings (SSSR count). The number of piperazine rings is 1. The first kappa shape index (κ1) is 34.2. The van der Waals surface area contributed by atoms with Crippen molar-refractivity contribution < 1.29 is 23.4 Å². The van der Waals surface area contributed by atoms with Crippen molar-refractivity contribution >= 4 is 6.09 Å². The molecule has 0 aromatic heterocycles. The third-order valence-electron chi connectivity index (χ3n) is 8.46. The average molecular weight is 642 g/mol. The van der Waals surface area contributed by atoms with Crippen molar-refractivity contribution in [2.45, 2.75) is 70.6 Å². The van der Waals surface area contributed by atoms with Crippen LogP contribution in [0.5, 0.6) is 0 Å². The molecule has 1 heterocycles. The van der Waals surface area contributed by atoms with Crippen LogP contribution in [0.1, 0.15) is 43.0 Å². The zero-order valence-corrected chi connectivity index (χ0v) is 27.4. The number of rotatable bonds is 11. The summed E-state index contributed by atoms with van der Waals surface area (Å²) in [5, 5.41) is 12.6. The lowest BCUT2D eigenvalue weighted by Gasteiger charge is -2.47. The summed E-state index contributed by atoms with van der Waals surface area (Å²) in [5.41, 5.74) is 2.90. The summed E-state index contributed by atoms with van der Waals surface area (Å²) < 4.78 is 34.9. The second-order valence-corrected chi connectivity index (χ2v) is 13.4. The van der Waals surface area contributed by atoms with E-state index in [4.69, 9.17) is 4.74 Å². The van der Waals surface area contributed by atoms with Crippen molar-refractivity contribution in [3.63, 3.8) is 0 Å². The number of ether oxygens (including phenoxy) is 1. The van der Waals surface area contributed by atoms with Crippen molar-refractivity contribution in [3.8, 4) is 0 Å². The molecule has 0 bridgehead atoms. The summed E-state index contributed by atoms with van der Waals surface area (Å²) in [6.45, 7) is 8.44. The maximum atomic E-state index is 14.5. The van der Waals surface area contributed by atoms with E-state index in [1.165, 1.54) is 12.1 Å². The highest BCUT2D eigenvalue weighted by atomic mass is 19.1. The van der Waals surface area contributed by atoms with Crippen LogP contribution >= 0.6 is 0 Å². The fourth-order valence-electron chi connectivity index (χ4n) is 6.31. The highest BCUT2D eigenvalue weighted by Gasteiger charge is 2.42. The summed E-state index contributed by atoms with van der Waals surface area (Å²) in [5.74, 6) is -1.35. The molecule has 4 aromatic carbocycles. The molecule has 248 valence electrons. The summed E-state index contributed by atoms with van der Waals surface area (Å²) in [4.78, 5) is 19.7. The topological polar surface area (TPSA) is 56.3 Å². The first-order valence-corrected chi connectivity index (χ1v) is 16.2. The fourth-order valence-corrected chi connectivity index (χ4v) is 6.31. The quantitative estimate of drug-likeness (QED) is 0.190. The largest absolute Gasteiger partial charge is 0.444 e. The number of hydrogen-bond acceptors (Lipinski definition) is 5. The molecule has 1 amide bonds. The van der Waals surface area contributed by atoms with Crippen molar-refractivity contribution in [3.05, 3.63) is 143 Å². The number of benzene rings is 4.